The molecule has 25 heavy (non-hydrogen) atoms. The molecule has 0 saturated carbocycles. The number of nitrogens with zero attached hydrogens (tertiary/aromatic N) is 3. The van der Waals surface area contributed by atoms with Crippen LogP contribution in [-0.2, 0) is 4.79 Å². The van der Waals surface area contributed by atoms with Crippen LogP contribution in [0.25, 0.3) is 0 Å². The molecule has 6 nitrogen and oxygen atoms in total. The number of aromatic nitrogens is 2. The summed E-state index contributed by atoms with van der Waals surface area (Å²) in [6.45, 7) is 6.52. The number of fused-ring (bicyclic) bond motifs is 5. The normalized spacial score (nSPS) is 20.5. The van der Waals surface area contributed by atoms with Crippen molar-refractivity contribution in [3.63, 3.8) is 0 Å². The summed E-state index contributed by atoms with van der Waals surface area (Å²) in [5, 5.41) is 6.55. The van der Waals surface area contributed by atoms with Crippen molar-refractivity contribution in [2.45, 2.75) is 45.7 Å². The second kappa shape index (κ2) is 6.02. The van der Waals surface area contributed by atoms with E-state index in [0.717, 1.165) is 36.5 Å². The second-order valence-electron chi connectivity index (χ2n) is 6.76. The molecule has 1 fully saturated rings. The average molecular weight is 337 g/mol. The van der Waals surface area contributed by atoms with Gasteiger partial charge in [0.15, 0.2) is 0 Å². The van der Waals surface area contributed by atoms with E-state index in [1.54, 1.807) is 6.92 Å². The van der Waals surface area contributed by atoms with Crippen LogP contribution in [0.1, 0.15) is 55.5 Å². The van der Waals surface area contributed by atoms with Crippen LogP contribution in [0, 0.1) is 6.92 Å². The number of amides is 1. The van der Waals surface area contributed by atoms with Crippen molar-refractivity contribution in [1.29, 1.82) is 0 Å². The summed E-state index contributed by atoms with van der Waals surface area (Å²) >= 11 is 0. The molecule has 0 radical (unpaired) electrons. The number of nitrogens with one attached hydrogen (secondary N) is 2. The van der Waals surface area contributed by atoms with Gasteiger partial charge in [0.1, 0.15) is 5.82 Å². The summed E-state index contributed by atoms with van der Waals surface area (Å²) in [6, 6.07) is 6.80. The molecule has 0 aliphatic carbocycles. The predicted octanol–water partition coefficient (Wildman–Crippen LogP) is 3.70. The first kappa shape index (κ1) is 15.9. The third kappa shape index (κ3) is 2.62. The van der Waals surface area contributed by atoms with Gasteiger partial charge in [0.2, 0.25) is 11.9 Å². The van der Waals surface area contributed by atoms with Gasteiger partial charge in [-0.3, -0.25) is 4.79 Å². The van der Waals surface area contributed by atoms with Crippen LogP contribution < -0.4 is 10.6 Å². The Morgan fingerprint density at radius 1 is 1.28 bits per heavy atom. The predicted molar refractivity (Wildman–Crippen MR) is 97.9 cm³/mol. The molecule has 1 aromatic heterocycles. The van der Waals surface area contributed by atoms with Crippen LogP contribution in [0.2, 0.25) is 0 Å². The summed E-state index contributed by atoms with van der Waals surface area (Å²) in [5.41, 5.74) is 4.53. The Morgan fingerprint density at radius 3 is 2.76 bits per heavy atom. The molecule has 4 rings (SSSR count). The Hall–Kier alpha value is -2.63. The number of aryl methyl sites for hydroxylation is 1. The van der Waals surface area contributed by atoms with Crippen molar-refractivity contribution in [3.8, 4) is 0 Å². The lowest BCUT2D eigenvalue weighted by Gasteiger charge is -2.20. The van der Waals surface area contributed by atoms with E-state index >= 15 is 0 Å². The van der Waals surface area contributed by atoms with E-state index in [9.17, 15) is 4.79 Å². The number of carbonyl (C=O) groups excluding carboxylic acids is 1. The number of benzene rings is 1. The molecule has 2 aliphatic heterocycles. The molecule has 130 valence electrons. The number of carbonyl (C=O) groups is 1. The standard InChI is InChI=1S/C19H23N5O/c1-4-20-18-11(2)10-21-19(23-18)22-13-5-6-14-15(9-13)17-8-7-16(14)24(17)12(3)25/h5-6,9-10,16-17H,4,7-8H2,1-3H3,(H2,20,21,22,23)/t16-,17+/m0/s1. The minimum Gasteiger partial charge on any atom is -0.370 e. The Balaban J connectivity index is 1.61. The zero-order valence-electron chi connectivity index (χ0n) is 14.8. The highest BCUT2D eigenvalue weighted by molar-refractivity contribution is 5.77. The summed E-state index contributed by atoms with van der Waals surface area (Å²) < 4.78 is 0. The fourth-order valence-electron chi connectivity index (χ4n) is 4.08. The van der Waals surface area contributed by atoms with Gasteiger partial charge in [0.25, 0.3) is 0 Å². The molecule has 3 heterocycles. The van der Waals surface area contributed by atoms with E-state index in [2.05, 4.69) is 32.7 Å². The molecule has 6 heteroatoms. The minimum absolute atomic E-state index is 0.162. The maximum atomic E-state index is 12.0. The summed E-state index contributed by atoms with van der Waals surface area (Å²) in [7, 11) is 0. The topological polar surface area (TPSA) is 70.2 Å². The highest BCUT2D eigenvalue weighted by atomic mass is 16.2. The SMILES string of the molecule is CCNc1nc(Nc2ccc3c(c2)[C@H]2CC[C@@H]3N2C(C)=O)ncc1C. The maximum Gasteiger partial charge on any atom is 0.229 e. The van der Waals surface area contributed by atoms with E-state index in [0.29, 0.717) is 5.95 Å². The van der Waals surface area contributed by atoms with Crippen molar-refractivity contribution in [2.75, 3.05) is 17.2 Å². The van der Waals surface area contributed by atoms with Crippen molar-refractivity contribution < 1.29 is 4.79 Å². The first-order valence-corrected chi connectivity index (χ1v) is 8.85. The van der Waals surface area contributed by atoms with Gasteiger partial charge < -0.3 is 15.5 Å². The lowest BCUT2D eigenvalue weighted by Crippen LogP contribution is -2.24. The second-order valence-corrected chi connectivity index (χ2v) is 6.76. The summed E-state index contributed by atoms with van der Waals surface area (Å²) in [5.74, 6) is 1.59. The van der Waals surface area contributed by atoms with Crippen LogP contribution in [0.15, 0.2) is 24.4 Å². The van der Waals surface area contributed by atoms with Gasteiger partial charge in [-0.15, -0.1) is 0 Å². The molecule has 2 bridgehead atoms. The van der Waals surface area contributed by atoms with Crippen molar-refractivity contribution in [2.24, 2.45) is 0 Å². The Labute approximate surface area is 147 Å². The molecule has 1 saturated heterocycles. The van der Waals surface area contributed by atoms with Gasteiger partial charge in [0.05, 0.1) is 12.1 Å². The summed E-state index contributed by atoms with van der Waals surface area (Å²) in [6.07, 6.45) is 3.93. The highest BCUT2D eigenvalue weighted by Gasteiger charge is 2.45. The van der Waals surface area contributed by atoms with Crippen LogP contribution in [0.4, 0.5) is 17.5 Å². The fourth-order valence-corrected chi connectivity index (χ4v) is 4.08. The number of hydrogen-bond acceptors (Lipinski definition) is 5. The first-order valence-electron chi connectivity index (χ1n) is 8.85. The zero-order chi connectivity index (χ0) is 17.6. The van der Waals surface area contributed by atoms with E-state index in [-0.39, 0.29) is 18.0 Å². The molecule has 2 aliphatic rings. The van der Waals surface area contributed by atoms with E-state index in [4.69, 9.17) is 0 Å². The third-order valence-electron chi connectivity index (χ3n) is 5.13. The van der Waals surface area contributed by atoms with Gasteiger partial charge in [-0.05, 0) is 49.9 Å². The van der Waals surface area contributed by atoms with Gasteiger partial charge in [-0.25, -0.2) is 4.98 Å². The van der Waals surface area contributed by atoms with Crippen molar-refractivity contribution in [1.82, 2.24) is 14.9 Å². The number of hydrogen-bond donors (Lipinski definition) is 2. The number of rotatable bonds is 4. The lowest BCUT2D eigenvalue weighted by molar-refractivity contribution is -0.131. The molecule has 1 amide bonds. The van der Waals surface area contributed by atoms with E-state index in [1.807, 2.05) is 31.0 Å². The smallest absolute Gasteiger partial charge is 0.229 e. The van der Waals surface area contributed by atoms with E-state index < -0.39 is 0 Å². The van der Waals surface area contributed by atoms with Gasteiger partial charge in [-0.2, -0.15) is 4.98 Å². The quantitative estimate of drug-likeness (QED) is 0.890. The minimum atomic E-state index is 0.162. The molecule has 1 aromatic carbocycles. The Morgan fingerprint density at radius 2 is 2.04 bits per heavy atom. The van der Waals surface area contributed by atoms with Crippen LogP contribution in [0.3, 0.4) is 0 Å². The van der Waals surface area contributed by atoms with Gasteiger partial charge in [0, 0.05) is 30.9 Å². The average Bonchev–Trinajstić information content (AvgIpc) is 3.15. The molecule has 2 aromatic rings. The zero-order valence-corrected chi connectivity index (χ0v) is 14.8. The lowest BCUT2D eigenvalue weighted by atomic mass is 9.91. The molecule has 0 spiro atoms. The van der Waals surface area contributed by atoms with Crippen LogP contribution in [0.5, 0.6) is 0 Å². The van der Waals surface area contributed by atoms with Crippen LogP contribution >= 0.6 is 0 Å². The molecule has 2 atom stereocenters. The van der Waals surface area contributed by atoms with Gasteiger partial charge in [-0.1, -0.05) is 6.07 Å². The first-order chi connectivity index (χ1) is 12.1. The van der Waals surface area contributed by atoms with Crippen molar-refractivity contribution in [3.05, 3.63) is 41.1 Å². The largest absolute Gasteiger partial charge is 0.370 e. The fraction of sp³-hybridized carbons (Fsp3) is 0.421. The molecular weight excluding hydrogens is 314 g/mol. The molecular formula is C19H23N5O. The number of anilines is 3. The third-order valence-corrected chi connectivity index (χ3v) is 5.13. The molecule has 0 unspecified atom stereocenters. The monoisotopic (exact) mass is 337 g/mol. The summed E-state index contributed by atoms with van der Waals surface area (Å²) in [4.78, 5) is 22.9. The Bertz CT molecular complexity index is 835. The van der Waals surface area contributed by atoms with Crippen LogP contribution in [-0.4, -0.2) is 27.3 Å². The van der Waals surface area contributed by atoms with Crippen molar-refractivity contribution >= 4 is 23.4 Å². The van der Waals surface area contributed by atoms with E-state index in [1.165, 1.54) is 11.1 Å². The Kier molecular flexibility index (Phi) is 3.82. The highest BCUT2D eigenvalue weighted by Crippen LogP contribution is 2.53. The maximum absolute atomic E-state index is 12.0. The molecule has 2 N–H and O–H groups in total. The van der Waals surface area contributed by atoms with Gasteiger partial charge >= 0.3 is 0 Å².